The number of nitrogens with two attached hydrogens (primary N) is 2. The number of carboxylic acids is 2. The molecule has 17 nitrogen and oxygen atoms in total. The van der Waals surface area contributed by atoms with Gasteiger partial charge in [-0.25, -0.2) is 4.79 Å². The lowest BCUT2D eigenvalue weighted by Gasteiger charge is -2.27. The molecule has 0 unspecified atom stereocenters. The summed E-state index contributed by atoms with van der Waals surface area (Å²) in [6.07, 6.45) is -0.0375. The van der Waals surface area contributed by atoms with Crippen LogP contribution >= 0.6 is 11.8 Å². The van der Waals surface area contributed by atoms with Crippen molar-refractivity contribution in [2.24, 2.45) is 22.4 Å². The van der Waals surface area contributed by atoms with Crippen molar-refractivity contribution in [2.75, 3.05) is 24.6 Å². The third kappa shape index (κ3) is 13.2. The summed E-state index contributed by atoms with van der Waals surface area (Å²) >= 11 is 0.858. The average molecular weight is 603 g/mol. The minimum Gasteiger partial charge on any atom is -0.481 e. The van der Waals surface area contributed by atoms with Crippen LogP contribution in [-0.2, 0) is 33.6 Å². The number of carbonyl (C=O) groups is 7. The smallest absolute Gasteiger partial charge is 0.327 e. The van der Waals surface area contributed by atoms with Crippen LogP contribution in [0.15, 0.2) is 4.99 Å². The predicted molar refractivity (Wildman–Crippen MR) is 147 cm³/mol. The first-order chi connectivity index (χ1) is 19.2. The summed E-state index contributed by atoms with van der Waals surface area (Å²) in [7, 11) is 0. The van der Waals surface area contributed by atoms with Gasteiger partial charge in [0.2, 0.25) is 29.5 Å². The van der Waals surface area contributed by atoms with E-state index in [1.165, 1.54) is 0 Å². The van der Waals surface area contributed by atoms with Crippen molar-refractivity contribution >= 4 is 59.2 Å². The molecule has 1 rings (SSSR count). The van der Waals surface area contributed by atoms with Gasteiger partial charge in [0.05, 0.1) is 18.7 Å². The van der Waals surface area contributed by atoms with Gasteiger partial charge in [0, 0.05) is 12.3 Å². The van der Waals surface area contributed by atoms with Crippen LogP contribution in [0.5, 0.6) is 0 Å². The topological polar surface area (TPSA) is 284 Å². The highest BCUT2D eigenvalue weighted by atomic mass is 32.2. The Morgan fingerprint density at radius 2 is 1.66 bits per heavy atom. The van der Waals surface area contributed by atoms with E-state index in [4.69, 9.17) is 16.6 Å². The van der Waals surface area contributed by atoms with Gasteiger partial charge in [-0.15, -0.1) is 11.8 Å². The molecule has 1 aliphatic rings. The number of rotatable bonds is 9. The molecule has 1 aliphatic heterocycles. The molecule has 0 radical (unpaired) electrons. The maximum Gasteiger partial charge on any atom is 0.327 e. The van der Waals surface area contributed by atoms with Gasteiger partial charge in [-0.05, 0) is 18.8 Å². The molecule has 0 aromatic rings. The molecule has 0 bridgehead atoms. The monoisotopic (exact) mass is 602 g/mol. The molecule has 0 saturated carbocycles. The number of amides is 5. The molecule has 5 atom stereocenters. The lowest BCUT2D eigenvalue weighted by Crippen LogP contribution is -2.57. The summed E-state index contributed by atoms with van der Waals surface area (Å²) in [5.74, 6) is -7.95. The van der Waals surface area contributed by atoms with E-state index in [0.717, 1.165) is 11.8 Å². The number of aliphatic carboxylic acids is 2. The van der Waals surface area contributed by atoms with E-state index in [1.54, 1.807) is 13.8 Å². The molecule has 0 spiro atoms. The van der Waals surface area contributed by atoms with E-state index in [2.05, 4.69) is 31.6 Å². The number of aliphatic imine (C=N–C) groups is 1. The van der Waals surface area contributed by atoms with Crippen molar-refractivity contribution in [3.05, 3.63) is 0 Å². The average Bonchev–Trinajstić information content (AvgIpc) is 2.89. The van der Waals surface area contributed by atoms with Crippen LogP contribution in [0.3, 0.4) is 0 Å². The number of hydrogen-bond donors (Lipinski definition) is 9. The highest BCUT2D eigenvalue weighted by Crippen LogP contribution is 2.11. The highest BCUT2D eigenvalue weighted by molar-refractivity contribution is 8.00. The van der Waals surface area contributed by atoms with E-state index < -0.39 is 78.6 Å². The third-order valence-electron chi connectivity index (χ3n) is 5.98. The first kappa shape index (κ1) is 34.9. The van der Waals surface area contributed by atoms with Crippen LogP contribution in [0.2, 0.25) is 0 Å². The highest BCUT2D eigenvalue weighted by Gasteiger charge is 2.32. The van der Waals surface area contributed by atoms with Crippen molar-refractivity contribution in [1.29, 1.82) is 0 Å². The Bertz CT molecular complexity index is 1020. The lowest BCUT2D eigenvalue weighted by molar-refractivity contribution is -0.143. The van der Waals surface area contributed by atoms with Gasteiger partial charge in [-0.2, -0.15) is 0 Å². The zero-order valence-corrected chi connectivity index (χ0v) is 23.6. The third-order valence-corrected chi connectivity index (χ3v) is 7.01. The fourth-order valence-corrected chi connectivity index (χ4v) is 4.44. The molecule has 5 amide bonds. The first-order valence-electron chi connectivity index (χ1n) is 12.8. The summed E-state index contributed by atoms with van der Waals surface area (Å²) < 4.78 is 0. The summed E-state index contributed by atoms with van der Waals surface area (Å²) in [4.78, 5) is 90.7. The summed E-state index contributed by atoms with van der Waals surface area (Å²) in [5, 5.41) is 30.5. The van der Waals surface area contributed by atoms with E-state index in [9.17, 15) is 38.7 Å². The van der Waals surface area contributed by atoms with Crippen molar-refractivity contribution in [3.8, 4) is 0 Å². The minimum absolute atomic E-state index is 0.0631. The molecule has 0 aliphatic carbocycles. The first-order valence-corrected chi connectivity index (χ1v) is 13.9. The molecule has 1 fully saturated rings. The predicted octanol–water partition coefficient (Wildman–Crippen LogP) is -3.55. The van der Waals surface area contributed by atoms with Gasteiger partial charge < -0.3 is 48.3 Å². The molecule has 0 aromatic carbocycles. The number of guanidine groups is 1. The number of thioether (sulfide) groups is 1. The van der Waals surface area contributed by atoms with Crippen LogP contribution in [0.25, 0.3) is 0 Å². The van der Waals surface area contributed by atoms with Gasteiger partial charge in [0.1, 0.15) is 24.2 Å². The summed E-state index contributed by atoms with van der Waals surface area (Å²) in [6.45, 7) is 2.99. The maximum atomic E-state index is 13.2. The second-order valence-corrected chi connectivity index (χ2v) is 10.3. The fraction of sp³-hybridized carbons (Fsp3) is 0.652. The molecular formula is C23H38N8O9S. The Morgan fingerprint density at radius 1 is 0.976 bits per heavy atom. The molecule has 41 heavy (non-hydrogen) atoms. The fourth-order valence-electron chi connectivity index (χ4n) is 3.59. The van der Waals surface area contributed by atoms with E-state index in [1.807, 2.05) is 0 Å². The summed E-state index contributed by atoms with van der Waals surface area (Å²) in [5.41, 5.74) is 10.6. The number of hydrogen-bond acceptors (Lipinski definition) is 9. The van der Waals surface area contributed by atoms with E-state index >= 15 is 0 Å². The number of nitrogens with one attached hydrogen (secondary N) is 5. The molecule has 11 N–H and O–H groups in total. The molecule has 1 saturated heterocycles. The van der Waals surface area contributed by atoms with Crippen LogP contribution in [0.1, 0.15) is 39.5 Å². The Kier molecular flexibility index (Phi) is 15.0. The number of nitrogens with zero attached hydrogens (tertiary/aromatic N) is 1. The van der Waals surface area contributed by atoms with Crippen LogP contribution < -0.4 is 38.1 Å². The van der Waals surface area contributed by atoms with Crippen molar-refractivity contribution < 1.29 is 43.8 Å². The normalized spacial score (nSPS) is 24.2. The van der Waals surface area contributed by atoms with E-state index in [0.29, 0.717) is 6.42 Å². The second-order valence-electron chi connectivity index (χ2n) is 9.29. The van der Waals surface area contributed by atoms with Crippen LogP contribution in [0.4, 0.5) is 0 Å². The van der Waals surface area contributed by atoms with Gasteiger partial charge in [0.25, 0.3) is 0 Å². The van der Waals surface area contributed by atoms with Gasteiger partial charge in [0.15, 0.2) is 5.96 Å². The number of carboxylic acid groups (broad SMARTS) is 2. The SMILES string of the molecule is CC[C@H](C)[C@@H]1NC(=O)CSC[C@@H](C(=O)O)NC(=O)[C@H](CC(=O)O)NC(=O)CNC(=O)[C@H](CCCN=C(N)N)NC1=O. The lowest BCUT2D eigenvalue weighted by atomic mass is 9.97. The van der Waals surface area contributed by atoms with Crippen molar-refractivity contribution in [1.82, 2.24) is 26.6 Å². The maximum absolute atomic E-state index is 13.2. The van der Waals surface area contributed by atoms with Crippen molar-refractivity contribution in [3.63, 3.8) is 0 Å². The largest absolute Gasteiger partial charge is 0.481 e. The molecule has 230 valence electrons. The van der Waals surface area contributed by atoms with Crippen molar-refractivity contribution in [2.45, 2.75) is 63.7 Å². The second kappa shape index (κ2) is 17.6. The Hall–Kier alpha value is -4.09. The summed E-state index contributed by atoms with van der Waals surface area (Å²) in [6, 6.07) is -5.36. The quantitative estimate of drug-likeness (QED) is 0.0704. The van der Waals surface area contributed by atoms with Crippen LogP contribution in [0, 0.1) is 5.92 Å². The Morgan fingerprint density at radius 3 is 2.24 bits per heavy atom. The molecule has 18 heteroatoms. The Labute approximate surface area is 240 Å². The molecule has 1 heterocycles. The van der Waals surface area contributed by atoms with E-state index in [-0.39, 0.29) is 42.8 Å². The Balaban J connectivity index is 3.28. The number of carbonyl (C=O) groups excluding carboxylic acids is 5. The van der Waals surface area contributed by atoms with Gasteiger partial charge >= 0.3 is 11.9 Å². The van der Waals surface area contributed by atoms with Gasteiger partial charge in [-0.3, -0.25) is 33.8 Å². The van der Waals surface area contributed by atoms with Crippen LogP contribution in [-0.4, -0.2) is 106 Å². The zero-order chi connectivity index (χ0) is 31.1. The van der Waals surface area contributed by atoms with Gasteiger partial charge in [-0.1, -0.05) is 20.3 Å². The standard InChI is InChI=1S/C23H38N8O9S/c1-3-11(2)18-21(38)29-12(5-4-6-26-23(24)25)19(36)27-8-15(32)28-13(7-17(34)35)20(37)30-14(22(39)40)9-41-10-16(33)31-18/h11-14,18H,3-10H2,1-2H3,(H,27,36)(H,28,32)(H,29,38)(H,30,37)(H,31,33)(H,34,35)(H,39,40)(H4,24,25,26)/t11-,12-,13-,14-,18-/m0/s1. The zero-order valence-electron chi connectivity index (χ0n) is 22.8. The molecule has 0 aromatic heterocycles. The minimum atomic E-state index is -1.66. The molecular weight excluding hydrogens is 564 g/mol.